The zero-order valence-corrected chi connectivity index (χ0v) is 21.5. The van der Waals surface area contributed by atoms with Crippen LogP contribution in [-0.2, 0) is 4.74 Å². The van der Waals surface area contributed by atoms with Crippen LogP contribution in [0.25, 0.3) is 0 Å². The van der Waals surface area contributed by atoms with Gasteiger partial charge < -0.3 is 20.3 Å². The van der Waals surface area contributed by atoms with Crippen LogP contribution in [0.15, 0.2) is 0 Å². The standard InChI is InChI=1S/C23H37N3O3S2/c1-8-26(9-2)20(27)18-14(3)17(21(28)29-7)19(31-18)25-22(30)24-16-12-10-15(11-13-16)23(4,5)6/h15-16H,8-13H2,1-7H3,(H2,24,25,30). The first-order valence-corrected chi connectivity index (χ1v) is 12.3. The fourth-order valence-electron chi connectivity index (χ4n) is 4.24. The fraction of sp³-hybridized carbons (Fsp3) is 0.696. The Kier molecular flexibility index (Phi) is 8.89. The molecule has 8 heteroatoms. The van der Waals surface area contributed by atoms with E-state index in [1.54, 1.807) is 11.8 Å². The van der Waals surface area contributed by atoms with Crippen molar-refractivity contribution in [3.63, 3.8) is 0 Å². The van der Waals surface area contributed by atoms with Gasteiger partial charge in [0, 0.05) is 19.1 Å². The minimum absolute atomic E-state index is 0.0786. The van der Waals surface area contributed by atoms with Gasteiger partial charge in [0.25, 0.3) is 5.91 Å². The lowest BCUT2D eigenvalue weighted by atomic mass is 9.71. The fourth-order valence-corrected chi connectivity index (χ4v) is 5.74. The molecular weight excluding hydrogens is 430 g/mol. The molecule has 6 nitrogen and oxygen atoms in total. The van der Waals surface area contributed by atoms with E-state index in [0.29, 0.717) is 50.7 Å². The molecule has 1 aliphatic rings. The number of thiophene rings is 1. The lowest BCUT2D eigenvalue weighted by Crippen LogP contribution is -2.41. The summed E-state index contributed by atoms with van der Waals surface area (Å²) >= 11 is 6.82. The molecule has 2 rings (SSSR count). The molecule has 0 saturated heterocycles. The zero-order valence-electron chi connectivity index (χ0n) is 19.9. The van der Waals surface area contributed by atoms with E-state index in [1.807, 2.05) is 13.8 Å². The molecule has 0 bridgehead atoms. The minimum Gasteiger partial charge on any atom is -0.465 e. The molecule has 0 spiro atoms. The van der Waals surface area contributed by atoms with Crippen molar-refractivity contribution in [3.05, 3.63) is 16.0 Å². The highest BCUT2D eigenvalue weighted by molar-refractivity contribution is 7.80. The van der Waals surface area contributed by atoms with Crippen molar-refractivity contribution in [3.8, 4) is 0 Å². The van der Waals surface area contributed by atoms with Crippen LogP contribution in [0.4, 0.5) is 5.00 Å². The van der Waals surface area contributed by atoms with Gasteiger partial charge in [-0.15, -0.1) is 11.3 Å². The van der Waals surface area contributed by atoms with Gasteiger partial charge in [-0.2, -0.15) is 0 Å². The number of rotatable bonds is 6. The average molecular weight is 468 g/mol. The predicted octanol–water partition coefficient (Wildman–Crippen LogP) is 5.22. The highest BCUT2D eigenvalue weighted by Crippen LogP contribution is 2.38. The van der Waals surface area contributed by atoms with Crippen LogP contribution < -0.4 is 10.6 Å². The molecule has 1 fully saturated rings. The third-order valence-corrected chi connectivity index (χ3v) is 7.71. The van der Waals surface area contributed by atoms with Crippen LogP contribution >= 0.6 is 23.6 Å². The Hall–Kier alpha value is -1.67. The Morgan fingerprint density at radius 1 is 1.16 bits per heavy atom. The van der Waals surface area contributed by atoms with Crippen molar-refractivity contribution in [2.24, 2.45) is 11.3 Å². The summed E-state index contributed by atoms with van der Waals surface area (Å²) < 4.78 is 4.98. The van der Waals surface area contributed by atoms with Gasteiger partial charge in [0.2, 0.25) is 0 Å². The van der Waals surface area contributed by atoms with E-state index in [-0.39, 0.29) is 5.91 Å². The molecule has 0 aliphatic heterocycles. The number of carbonyl (C=O) groups excluding carboxylic acids is 2. The summed E-state index contributed by atoms with van der Waals surface area (Å²) in [7, 11) is 1.35. The van der Waals surface area contributed by atoms with Gasteiger partial charge >= 0.3 is 5.97 Å². The Bertz CT molecular complexity index is 802. The maximum Gasteiger partial charge on any atom is 0.341 e. The Labute approximate surface area is 196 Å². The normalized spacial score (nSPS) is 18.9. The quantitative estimate of drug-likeness (QED) is 0.442. The Balaban J connectivity index is 2.14. The van der Waals surface area contributed by atoms with E-state index in [1.165, 1.54) is 31.3 Å². The van der Waals surface area contributed by atoms with Crippen LogP contribution in [0.5, 0.6) is 0 Å². The largest absolute Gasteiger partial charge is 0.465 e. The number of carbonyl (C=O) groups is 2. The summed E-state index contributed by atoms with van der Waals surface area (Å²) in [5, 5.41) is 7.61. The molecule has 31 heavy (non-hydrogen) atoms. The summed E-state index contributed by atoms with van der Waals surface area (Å²) in [4.78, 5) is 27.7. The number of methoxy groups -OCH3 is 1. The maximum atomic E-state index is 12.9. The predicted molar refractivity (Wildman–Crippen MR) is 132 cm³/mol. The molecule has 0 aromatic carbocycles. The molecule has 1 amide bonds. The Morgan fingerprint density at radius 3 is 2.23 bits per heavy atom. The number of thiocarbonyl (C=S) groups is 1. The van der Waals surface area contributed by atoms with Crippen LogP contribution in [-0.4, -0.2) is 48.1 Å². The van der Waals surface area contributed by atoms with Crippen molar-refractivity contribution in [1.82, 2.24) is 10.2 Å². The van der Waals surface area contributed by atoms with Gasteiger partial charge in [-0.25, -0.2) is 4.79 Å². The van der Waals surface area contributed by atoms with E-state index in [4.69, 9.17) is 17.0 Å². The van der Waals surface area contributed by atoms with Crippen LogP contribution in [0.2, 0.25) is 0 Å². The van der Waals surface area contributed by atoms with E-state index in [2.05, 4.69) is 31.4 Å². The van der Waals surface area contributed by atoms with E-state index >= 15 is 0 Å². The van der Waals surface area contributed by atoms with Crippen LogP contribution in [0, 0.1) is 18.3 Å². The van der Waals surface area contributed by atoms with E-state index < -0.39 is 5.97 Å². The molecule has 0 atom stereocenters. The van der Waals surface area contributed by atoms with Crippen molar-refractivity contribution in [2.75, 3.05) is 25.5 Å². The number of nitrogens with one attached hydrogen (secondary N) is 2. The number of hydrogen-bond donors (Lipinski definition) is 2. The molecule has 0 radical (unpaired) electrons. The van der Waals surface area contributed by atoms with Crippen LogP contribution in [0.3, 0.4) is 0 Å². The minimum atomic E-state index is -0.469. The van der Waals surface area contributed by atoms with Gasteiger partial charge in [0.15, 0.2) is 5.11 Å². The number of amides is 1. The second kappa shape index (κ2) is 10.8. The summed E-state index contributed by atoms with van der Waals surface area (Å²) in [5.74, 6) is 0.181. The molecule has 174 valence electrons. The molecule has 1 aromatic heterocycles. The third-order valence-electron chi connectivity index (χ3n) is 6.30. The molecule has 1 aliphatic carbocycles. The van der Waals surface area contributed by atoms with Crippen molar-refractivity contribution in [1.29, 1.82) is 0 Å². The first-order valence-electron chi connectivity index (χ1n) is 11.1. The van der Waals surface area contributed by atoms with Crippen molar-refractivity contribution in [2.45, 2.75) is 73.3 Å². The summed E-state index contributed by atoms with van der Waals surface area (Å²) in [6.07, 6.45) is 4.50. The molecule has 2 N–H and O–H groups in total. The van der Waals surface area contributed by atoms with Crippen molar-refractivity contribution >= 4 is 45.5 Å². The van der Waals surface area contributed by atoms with E-state index in [0.717, 1.165) is 18.8 Å². The first kappa shape index (κ1) is 25.6. The molecular formula is C23H37N3O3S2. The van der Waals surface area contributed by atoms with Gasteiger partial charge in [-0.3, -0.25) is 4.79 Å². The van der Waals surface area contributed by atoms with Gasteiger partial charge in [0.05, 0.1) is 17.6 Å². The highest BCUT2D eigenvalue weighted by Gasteiger charge is 2.31. The second-order valence-corrected chi connectivity index (χ2v) is 10.7. The van der Waals surface area contributed by atoms with Gasteiger partial charge in [-0.1, -0.05) is 20.8 Å². The number of nitrogens with zero attached hydrogens (tertiary/aromatic N) is 1. The monoisotopic (exact) mass is 467 g/mol. The molecule has 1 saturated carbocycles. The molecule has 1 aromatic rings. The molecule has 0 unspecified atom stereocenters. The number of anilines is 1. The zero-order chi connectivity index (χ0) is 23.3. The Morgan fingerprint density at radius 2 is 1.74 bits per heavy atom. The lowest BCUT2D eigenvalue weighted by molar-refractivity contribution is 0.0601. The summed E-state index contributed by atoms with van der Waals surface area (Å²) in [6.45, 7) is 13.8. The third kappa shape index (κ3) is 6.19. The summed E-state index contributed by atoms with van der Waals surface area (Å²) in [5.41, 5.74) is 1.34. The SMILES string of the molecule is CCN(CC)C(=O)c1sc(NC(=S)NC2CCC(C(C)(C)C)CC2)c(C(=O)OC)c1C. The number of hydrogen-bond acceptors (Lipinski definition) is 5. The van der Waals surface area contributed by atoms with Crippen molar-refractivity contribution < 1.29 is 14.3 Å². The van der Waals surface area contributed by atoms with Crippen LogP contribution in [0.1, 0.15) is 85.9 Å². The lowest BCUT2D eigenvalue weighted by Gasteiger charge is -2.37. The van der Waals surface area contributed by atoms with Gasteiger partial charge in [0.1, 0.15) is 5.00 Å². The molecule has 1 heterocycles. The topological polar surface area (TPSA) is 70.7 Å². The van der Waals surface area contributed by atoms with Gasteiger partial charge in [-0.05, 0) is 75.6 Å². The highest BCUT2D eigenvalue weighted by atomic mass is 32.1. The second-order valence-electron chi connectivity index (χ2n) is 9.24. The summed E-state index contributed by atoms with van der Waals surface area (Å²) in [6, 6.07) is 0.318. The average Bonchev–Trinajstić information content (AvgIpc) is 3.03. The maximum absolute atomic E-state index is 12.9. The first-order chi connectivity index (χ1) is 14.5. The smallest absolute Gasteiger partial charge is 0.341 e. The number of ether oxygens (including phenoxy) is 1. The van der Waals surface area contributed by atoms with E-state index in [9.17, 15) is 9.59 Å². The number of esters is 1.